The number of likely N-dealkylation sites (N-methyl/N-ethyl adjacent to an activating group) is 1. The van der Waals surface area contributed by atoms with Gasteiger partial charge in [0.05, 0.1) is 26.0 Å². The van der Waals surface area contributed by atoms with E-state index in [1.54, 1.807) is 12.1 Å². The predicted molar refractivity (Wildman–Crippen MR) is 108 cm³/mol. The standard InChI is InChI=1S/C12H18N2O3S.C6H14N2O2/c1-3-4-9-13-12(15)14-18(16,17)11-7-5-10(2)6-8-11;1-8(2,3)4-5-10-6(7)9/h5-8H,3-4,9H2,1-2H3,(H2,13,14,15);4-5H2,1-3H3,(H-,7,9)/p+1. The van der Waals surface area contributed by atoms with Gasteiger partial charge in [0.25, 0.3) is 10.0 Å². The quantitative estimate of drug-likeness (QED) is 0.437. The molecule has 9 nitrogen and oxygen atoms in total. The van der Waals surface area contributed by atoms with Crippen molar-refractivity contribution in [3.8, 4) is 0 Å². The molecular formula is C18H33N4O5S+. The molecule has 160 valence electrons. The first-order chi connectivity index (χ1) is 12.9. The van der Waals surface area contributed by atoms with E-state index in [0.717, 1.165) is 29.4 Å². The number of nitrogens with one attached hydrogen (secondary N) is 2. The monoisotopic (exact) mass is 417 g/mol. The summed E-state index contributed by atoms with van der Waals surface area (Å²) in [6.07, 6.45) is 1.05. The van der Waals surface area contributed by atoms with Gasteiger partial charge in [0.15, 0.2) is 0 Å². The van der Waals surface area contributed by atoms with E-state index in [4.69, 9.17) is 5.73 Å². The highest BCUT2D eigenvalue weighted by molar-refractivity contribution is 7.90. The van der Waals surface area contributed by atoms with Crippen molar-refractivity contribution in [3.63, 3.8) is 0 Å². The molecule has 1 rings (SSSR count). The van der Waals surface area contributed by atoms with Gasteiger partial charge in [-0.25, -0.2) is 22.7 Å². The number of hydrogen-bond acceptors (Lipinski definition) is 5. The number of hydrogen-bond donors (Lipinski definition) is 3. The van der Waals surface area contributed by atoms with Crippen molar-refractivity contribution >= 4 is 22.1 Å². The highest BCUT2D eigenvalue weighted by Gasteiger charge is 2.16. The molecule has 0 saturated heterocycles. The zero-order valence-corrected chi connectivity index (χ0v) is 18.1. The number of aryl methyl sites for hydroxylation is 1. The fourth-order valence-electron chi connectivity index (χ4n) is 1.73. The molecule has 0 aliphatic rings. The summed E-state index contributed by atoms with van der Waals surface area (Å²) >= 11 is 0. The summed E-state index contributed by atoms with van der Waals surface area (Å²) in [5.74, 6) is 0. The lowest BCUT2D eigenvalue weighted by atomic mass is 10.2. The van der Waals surface area contributed by atoms with Crippen molar-refractivity contribution in [3.05, 3.63) is 29.8 Å². The third-order valence-electron chi connectivity index (χ3n) is 3.38. The Hall–Kier alpha value is -2.33. The van der Waals surface area contributed by atoms with E-state index in [0.29, 0.717) is 13.2 Å². The third kappa shape index (κ3) is 12.9. The second-order valence-electron chi connectivity index (χ2n) is 7.21. The molecule has 10 heteroatoms. The van der Waals surface area contributed by atoms with Crippen LogP contribution >= 0.6 is 0 Å². The van der Waals surface area contributed by atoms with Crippen LogP contribution in [-0.4, -0.2) is 65.9 Å². The number of nitrogens with zero attached hydrogens (tertiary/aromatic N) is 1. The lowest BCUT2D eigenvalue weighted by molar-refractivity contribution is -0.870. The van der Waals surface area contributed by atoms with Crippen molar-refractivity contribution in [2.45, 2.75) is 31.6 Å². The summed E-state index contributed by atoms with van der Waals surface area (Å²) in [5, 5.41) is 2.49. The van der Waals surface area contributed by atoms with Crippen molar-refractivity contribution in [2.24, 2.45) is 5.73 Å². The van der Waals surface area contributed by atoms with E-state index in [1.807, 2.05) is 39.7 Å². The highest BCUT2D eigenvalue weighted by atomic mass is 32.2. The van der Waals surface area contributed by atoms with Crippen LogP contribution in [0.25, 0.3) is 0 Å². The topological polar surface area (TPSA) is 128 Å². The van der Waals surface area contributed by atoms with Crippen LogP contribution in [0.3, 0.4) is 0 Å². The van der Waals surface area contributed by atoms with Gasteiger partial charge in [0.2, 0.25) is 0 Å². The summed E-state index contributed by atoms with van der Waals surface area (Å²) in [5.41, 5.74) is 5.71. The Bertz CT molecular complexity index is 712. The summed E-state index contributed by atoms with van der Waals surface area (Å²) in [4.78, 5) is 21.5. The predicted octanol–water partition coefficient (Wildman–Crippen LogP) is 1.57. The minimum Gasteiger partial charge on any atom is -0.444 e. The number of urea groups is 1. The molecule has 0 unspecified atom stereocenters. The molecule has 28 heavy (non-hydrogen) atoms. The van der Waals surface area contributed by atoms with Gasteiger partial charge in [-0.1, -0.05) is 31.0 Å². The molecule has 3 amide bonds. The number of primary amides is 1. The number of sulfonamides is 1. The summed E-state index contributed by atoms with van der Waals surface area (Å²) in [6, 6.07) is 5.62. The Balaban J connectivity index is 0.000000621. The van der Waals surface area contributed by atoms with Gasteiger partial charge in [-0.05, 0) is 25.5 Å². The Morgan fingerprint density at radius 1 is 1.14 bits per heavy atom. The molecule has 0 aliphatic carbocycles. The number of quaternary nitrogens is 1. The van der Waals surface area contributed by atoms with E-state index in [2.05, 4.69) is 10.1 Å². The molecule has 0 atom stereocenters. The van der Waals surface area contributed by atoms with Crippen LogP contribution in [0.5, 0.6) is 0 Å². The smallest absolute Gasteiger partial charge is 0.404 e. The van der Waals surface area contributed by atoms with Crippen molar-refractivity contribution < 1.29 is 27.2 Å². The van der Waals surface area contributed by atoms with Gasteiger partial charge >= 0.3 is 12.1 Å². The molecule has 0 spiro atoms. The lowest BCUT2D eigenvalue weighted by Crippen LogP contribution is -2.39. The fraction of sp³-hybridized carbons (Fsp3) is 0.556. The molecule has 0 aromatic heterocycles. The summed E-state index contributed by atoms with van der Waals surface area (Å²) < 4.78 is 30.9. The Morgan fingerprint density at radius 3 is 2.18 bits per heavy atom. The van der Waals surface area contributed by atoms with Crippen molar-refractivity contribution in [1.82, 2.24) is 10.0 Å². The van der Waals surface area contributed by atoms with E-state index >= 15 is 0 Å². The van der Waals surface area contributed by atoms with Crippen LogP contribution < -0.4 is 15.8 Å². The van der Waals surface area contributed by atoms with Crippen molar-refractivity contribution in [1.29, 1.82) is 0 Å². The Labute approximate surface area is 167 Å². The maximum atomic E-state index is 11.8. The maximum absolute atomic E-state index is 11.8. The van der Waals surface area contributed by atoms with Gasteiger partial charge in [-0.3, -0.25) is 0 Å². The normalized spacial score (nSPS) is 11.0. The van der Waals surface area contributed by atoms with Gasteiger partial charge in [-0.2, -0.15) is 0 Å². The summed E-state index contributed by atoms with van der Waals surface area (Å²) in [7, 11) is 2.28. The van der Waals surface area contributed by atoms with Crippen LogP contribution in [0, 0.1) is 6.92 Å². The number of ether oxygens (including phenoxy) is 1. The van der Waals surface area contributed by atoms with Crippen LogP contribution in [-0.2, 0) is 14.8 Å². The Kier molecular flexibility index (Phi) is 11.2. The van der Waals surface area contributed by atoms with Crippen LogP contribution in [0.15, 0.2) is 29.2 Å². The first kappa shape index (κ1) is 25.7. The average molecular weight is 418 g/mol. The maximum Gasteiger partial charge on any atom is 0.404 e. The van der Waals surface area contributed by atoms with Gasteiger partial charge < -0.3 is 20.3 Å². The molecule has 4 N–H and O–H groups in total. The first-order valence-electron chi connectivity index (χ1n) is 8.97. The number of carbonyl (C=O) groups excluding carboxylic acids is 2. The third-order valence-corrected chi connectivity index (χ3v) is 4.73. The number of unbranched alkanes of at least 4 members (excludes halogenated alkanes) is 1. The molecule has 0 fully saturated rings. The molecule has 1 aromatic carbocycles. The number of benzene rings is 1. The molecule has 0 saturated carbocycles. The Morgan fingerprint density at radius 2 is 1.71 bits per heavy atom. The van der Waals surface area contributed by atoms with Gasteiger partial charge in [0, 0.05) is 6.54 Å². The number of rotatable bonds is 8. The highest BCUT2D eigenvalue weighted by Crippen LogP contribution is 2.09. The molecular weight excluding hydrogens is 384 g/mol. The van der Waals surface area contributed by atoms with Gasteiger partial charge in [-0.15, -0.1) is 0 Å². The van der Waals surface area contributed by atoms with Crippen LogP contribution in [0.2, 0.25) is 0 Å². The minimum atomic E-state index is -3.78. The minimum absolute atomic E-state index is 0.0822. The second-order valence-corrected chi connectivity index (χ2v) is 8.89. The first-order valence-corrected chi connectivity index (χ1v) is 10.5. The lowest BCUT2D eigenvalue weighted by Gasteiger charge is -2.22. The SMILES string of the molecule is CCCCNC(=O)NS(=O)(=O)c1ccc(C)cc1.C[N+](C)(C)CCOC(N)=O. The largest absolute Gasteiger partial charge is 0.444 e. The molecule has 0 aliphatic heterocycles. The van der Waals surface area contributed by atoms with E-state index < -0.39 is 22.1 Å². The van der Waals surface area contributed by atoms with E-state index in [1.165, 1.54) is 12.1 Å². The summed E-state index contributed by atoms with van der Waals surface area (Å²) in [6.45, 7) is 5.48. The fourth-order valence-corrected chi connectivity index (χ4v) is 2.66. The molecule has 0 heterocycles. The zero-order chi connectivity index (χ0) is 21.8. The van der Waals surface area contributed by atoms with Crippen LogP contribution in [0.4, 0.5) is 9.59 Å². The van der Waals surface area contributed by atoms with Gasteiger partial charge in [0.1, 0.15) is 13.2 Å². The zero-order valence-electron chi connectivity index (χ0n) is 17.3. The number of nitrogens with two attached hydrogens (primary N) is 1. The second kappa shape index (κ2) is 12.2. The van der Waals surface area contributed by atoms with E-state index in [-0.39, 0.29) is 4.90 Å². The average Bonchev–Trinajstić information content (AvgIpc) is 2.54. The van der Waals surface area contributed by atoms with Crippen LogP contribution in [0.1, 0.15) is 25.3 Å². The van der Waals surface area contributed by atoms with Crippen molar-refractivity contribution in [2.75, 3.05) is 40.8 Å². The number of carbonyl (C=O) groups is 2. The van der Waals surface area contributed by atoms with E-state index in [9.17, 15) is 18.0 Å². The molecule has 0 bridgehead atoms. The number of amides is 3. The molecule has 0 radical (unpaired) electrons. The molecule has 1 aromatic rings.